The highest BCUT2D eigenvalue weighted by Crippen LogP contribution is 2.21. The number of amides is 2. The summed E-state index contributed by atoms with van der Waals surface area (Å²) in [5.74, 6) is -0.488. The zero-order valence-electron chi connectivity index (χ0n) is 24.1. The zero-order chi connectivity index (χ0) is 29.3. The van der Waals surface area contributed by atoms with Crippen molar-refractivity contribution in [2.45, 2.75) is 53.1 Å². The topological polar surface area (TPSA) is 86.8 Å². The van der Waals surface area contributed by atoms with E-state index in [1.165, 1.54) is 4.90 Å². The number of hydrogen-bond acceptors (Lipinski definition) is 4. The van der Waals surface area contributed by atoms with E-state index in [9.17, 15) is 18.0 Å². The summed E-state index contributed by atoms with van der Waals surface area (Å²) < 4.78 is 26.9. The molecule has 0 heterocycles. The molecule has 1 atom stereocenters. The van der Waals surface area contributed by atoms with Gasteiger partial charge >= 0.3 is 0 Å². The molecular formula is C32H41N3O4S. The number of rotatable bonds is 13. The van der Waals surface area contributed by atoms with Crippen molar-refractivity contribution in [3.63, 3.8) is 0 Å². The van der Waals surface area contributed by atoms with Gasteiger partial charge in [0.2, 0.25) is 21.8 Å². The van der Waals surface area contributed by atoms with Gasteiger partial charge in [-0.15, -0.1) is 0 Å². The lowest BCUT2D eigenvalue weighted by Gasteiger charge is -2.33. The largest absolute Gasteiger partial charge is 0.354 e. The van der Waals surface area contributed by atoms with Gasteiger partial charge in [0.05, 0.1) is 11.9 Å². The average Bonchev–Trinajstić information content (AvgIpc) is 2.92. The van der Waals surface area contributed by atoms with Crippen LogP contribution in [0.25, 0.3) is 0 Å². The Kier molecular flexibility index (Phi) is 10.9. The Morgan fingerprint density at radius 3 is 2.10 bits per heavy atom. The Hall–Kier alpha value is -3.65. The number of aryl methyl sites for hydroxylation is 2. The maximum absolute atomic E-state index is 14.1. The highest BCUT2D eigenvalue weighted by molar-refractivity contribution is 7.92. The monoisotopic (exact) mass is 563 g/mol. The Balaban J connectivity index is 2.03. The van der Waals surface area contributed by atoms with Crippen LogP contribution in [0.2, 0.25) is 0 Å². The van der Waals surface area contributed by atoms with Crippen molar-refractivity contribution >= 4 is 27.5 Å². The molecule has 1 N–H and O–H groups in total. The first kappa shape index (κ1) is 30.9. The minimum Gasteiger partial charge on any atom is -0.354 e. The number of sulfonamides is 1. The molecule has 0 aliphatic heterocycles. The highest BCUT2D eigenvalue weighted by atomic mass is 32.2. The quantitative estimate of drug-likeness (QED) is 0.326. The van der Waals surface area contributed by atoms with Crippen molar-refractivity contribution in [2.75, 3.05) is 23.7 Å². The first-order valence-corrected chi connectivity index (χ1v) is 15.6. The molecule has 0 aliphatic carbocycles. The van der Waals surface area contributed by atoms with Crippen molar-refractivity contribution in [3.8, 4) is 0 Å². The molecule has 7 nitrogen and oxygen atoms in total. The molecule has 3 rings (SSSR count). The van der Waals surface area contributed by atoms with E-state index in [1.54, 1.807) is 12.1 Å². The lowest BCUT2D eigenvalue weighted by molar-refractivity contribution is -0.140. The van der Waals surface area contributed by atoms with Crippen LogP contribution < -0.4 is 9.62 Å². The fourth-order valence-electron chi connectivity index (χ4n) is 4.50. The summed E-state index contributed by atoms with van der Waals surface area (Å²) in [5.41, 5.74) is 4.27. The first-order chi connectivity index (χ1) is 19.0. The lowest BCUT2D eigenvalue weighted by atomic mass is 10.0. The maximum atomic E-state index is 14.1. The van der Waals surface area contributed by atoms with Crippen LogP contribution in [0.4, 0.5) is 5.69 Å². The van der Waals surface area contributed by atoms with Gasteiger partial charge in [0.1, 0.15) is 12.6 Å². The summed E-state index contributed by atoms with van der Waals surface area (Å²) in [6, 6.07) is 23.6. The second-order valence-electron chi connectivity index (χ2n) is 10.6. The molecule has 0 saturated heterocycles. The Labute approximate surface area is 239 Å². The molecule has 0 aromatic heterocycles. The van der Waals surface area contributed by atoms with Crippen molar-refractivity contribution in [2.24, 2.45) is 5.92 Å². The maximum Gasteiger partial charge on any atom is 0.244 e. The summed E-state index contributed by atoms with van der Waals surface area (Å²) in [6.07, 6.45) is 2.21. The number of nitrogens with one attached hydrogen (secondary N) is 1. The highest BCUT2D eigenvalue weighted by Gasteiger charge is 2.33. The van der Waals surface area contributed by atoms with E-state index in [0.717, 1.165) is 39.2 Å². The number of benzene rings is 3. The third kappa shape index (κ3) is 8.95. The van der Waals surface area contributed by atoms with Gasteiger partial charge in [0, 0.05) is 19.5 Å². The van der Waals surface area contributed by atoms with Crippen LogP contribution in [0.1, 0.15) is 43.0 Å². The van der Waals surface area contributed by atoms with Gasteiger partial charge in [-0.2, -0.15) is 0 Å². The molecule has 40 heavy (non-hydrogen) atoms. The van der Waals surface area contributed by atoms with E-state index in [0.29, 0.717) is 18.7 Å². The van der Waals surface area contributed by atoms with Crippen LogP contribution in [0.5, 0.6) is 0 Å². The standard InChI is InChI=1S/C32H41N3O4S/c1-6-26-15-17-29(18-16-26)35(40(5,38)39)23-31(36)34(22-28-14-10-11-25(4)19-28)30(32(37)33-21-24(2)3)20-27-12-8-7-9-13-27/h7-19,24,30H,6,20-23H2,1-5H3,(H,33,37)/t30-/m1/s1. The van der Waals surface area contributed by atoms with Crippen molar-refractivity contribution in [1.29, 1.82) is 0 Å². The molecule has 3 aromatic rings. The predicted octanol–water partition coefficient (Wildman–Crippen LogP) is 4.74. The molecule has 0 aliphatic rings. The van der Waals surface area contributed by atoms with E-state index in [4.69, 9.17) is 0 Å². The van der Waals surface area contributed by atoms with Crippen LogP contribution >= 0.6 is 0 Å². The van der Waals surface area contributed by atoms with Crippen LogP contribution in [0.3, 0.4) is 0 Å². The molecule has 0 fully saturated rings. The summed E-state index contributed by atoms with van der Waals surface area (Å²) in [6.45, 7) is 8.23. The third-order valence-electron chi connectivity index (χ3n) is 6.70. The van der Waals surface area contributed by atoms with Crippen molar-refractivity contribution in [1.82, 2.24) is 10.2 Å². The van der Waals surface area contributed by atoms with Crippen LogP contribution in [0.15, 0.2) is 78.9 Å². The number of anilines is 1. The zero-order valence-corrected chi connectivity index (χ0v) is 24.9. The molecular weight excluding hydrogens is 522 g/mol. The molecule has 0 radical (unpaired) electrons. The predicted molar refractivity (Wildman–Crippen MR) is 162 cm³/mol. The average molecular weight is 564 g/mol. The SMILES string of the molecule is CCc1ccc(N(CC(=O)N(Cc2cccc(C)c2)[C@H](Cc2ccccc2)C(=O)NCC(C)C)S(C)(=O)=O)cc1. The van der Waals surface area contributed by atoms with Gasteiger partial charge < -0.3 is 10.2 Å². The van der Waals surface area contributed by atoms with Gasteiger partial charge in [-0.1, -0.05) is 93.1 Å². The molecule has 0 unspecified atom stereocenters. The number of carbonyl (C=O) groups excluding carboxylic acids is 2. The Morgan fingerprint density at radius 2 is 1.52 bits per heavy atom. The minimum absolute atomic E-state index is 0.166. The second kappa shape index (κ2) is 14.1. The smallest absolute Gasteiger partial charge is 0.244 e. The minimum atomic E-state index is -3.79. The lowest BCUT2D eigenvalue weighted by Crippen LogP contribution is -2.53. The Bertz CT molecular complexity index is 1370. The summed E-state index contributed by atoms with van der Waals surface area (Å²) in [4.78, 5) is 29.3. The van der Waals surface area contributed by atoms with Gasteiger partial charge in [-0.05, 0) is 48.1 Å². The first-order valence-electron chi connectivity index (χ1n) is 13.7. The number of carbonyl (C=O) groups is 2. The van der Waals surface area contributed by atoms with E-state index in [-0.39, 0.29) is 18.4 Å². The second-order valence-corrected chi connectivity index (χ2v) is 12.6. The summed E-state index contributed by atoms with van der Waals surface area (Å²) in [7, 11) is -3.79. The summed E-state index contributed by atoms with van der Waals surface area (Å²) >= 11 is 0. The van der Waals surface area contributed by atoms with Gasteiger partial charge in [0.15, 0.2) is 0 Å². The van der Waals surface area contributed by atoms with Gasteiger partial charge in [0.25, 0.3) is 0 Å². The molecule has 3 aromatic carbocycles. The molecule has 0 spiro atoms. The van der Waals surface area contributed by atoms with Gasteiger partial charge in [-0.25, -0.2) is 8.42 Å². The van der Waals surface area contributed by atoms with Crippen LogP contribution in [-0.2, 0) is 39.0 Å². The van der Waals surface area contributed by atoms with Crippen LogP contribution in [0, 0.1) is 12.8 Å². The molecule has 214 valence electrons. The third-order valence-corrected chi connectivity index (χ3v) is 7.84. The number of hydrogen-bond donors (Lipinski definition) is 1. The van der Waals surface area contributed by atoms with Crippen LogP contribution in [-0.4, -0.2) is 50.5 Å². The molecule has 2 amide bonds. The summed E-state index contributed by atoms with van der Waals surface area (Å²) in [5, 5.41) is 3.00. The van der Waals surface area contributed by atoms with Crippen molar-refractivity contribution < 1.29 is 18.0 Å². The van der Waals surface area contributed by atoms with Gasteiger partial charge in [-0.3, -0.25) is 13.9 Å². The fourth-order valence-corrected chi connectivity index (χ4v) is 5.34. The molecule has 0 bridgehead atoms. The number of nitrogens with zero attached hydrogens (tertiary/aromatic N) is 2. The van der Waals surface area contributed by atoms with Crippen molar-refractivity contribution in [3.05, 3.63) is 101 Å². The van der Waals surface area contributed by atoms with E-state index >= 15 is 0 Å². The molecule has 8 heteroatoms. The molecule has 0 saturated carbocycles. The van der Waals surface area contributed by atoms with E-state index < -0.39 is 28.5 Å². The fraction of sp³-hybridized carbons (Fsp3) is 0.375. The van der Waals surface area contributed by atoms with E-state index in [2.05, 4.69) is 5.32 Å². The Morgan fingerprint density at radius 1 is 0.875 bits per heavy atom. The van der Waals surface area contributed by atoms with E-state index in [1.807, 2.05) is 94.4 Å². The normalized spacial score (nSPS) is 12.2.